The summed E-state index contributed by atoms with van der Waals surface area (Å²) in [7, 11) is 0. The first-order valence-corrected chi connectivity index (χ1v) is 11.6. The third kappa shape index (κ3) is 3.28. The van der Waals surface area contributed by atoms with Crippen LogP contribution in [-0.4, -0.2) is 28.7 Å². The molecule has 34 heavy (non-hydrogen) atoms. The summed E-state index contributed by atoms with van der Waals surface area (Å²) in [4.78, 5) is 26.8. The SMILES string of the molecule is Nn1c2ccccc2c(=O)c2cc3c(cc21)c(=O)c1ccccc1n3CCOC1CCCCO1. The summed E-state index contributed by atoms with van der Waals surface area (Å²) >= 11 is 0. The number of fused-ring (bicyclic) bond motifs is 4. The number of hydrogen-bond donors (Lipinski definition) is 1. The molecular formula is C27H25N3O4. The van der Waals surface area contributed by atoms with Crippen molar-refractivity contribution in [3.63, 3.8) is 0 Å². The van der Waals surface area contributed by atoms with Crippen molar-refractivity contribution in [3.05, 3.63) is 81.1 Å². The van der Waals surface area contributed by atoms with Gasteiger partial charge in [0.15, 0.2) is 17.1 Å². The Morgan fingerprint density at radius 3 is 2.21 bits per heavy atom. The molecule has 172 valence electrons. The van der Waals surface area contributed by atoms with Crippen LogP contribution in [-0.2, 0) is 16.0 Å². The van der Waals surface area contributed by atoms with E-state index in [-0.39, 0.29) is 17.1 Å². The zero-order valence-electron chi connectivity index (χ0n) is 18.7. The lowest BCUT2D eigenvalue weighted by atomic mass is 10.0. The van der Waals surface area contributed by atoms with Gasteiger partial charge in [0, 0.05) is 29.3 Å². The van der Waals surface area contributed by atoms with Crippen LogP contribution < -0.4 is 16.7 Å². The van der Waals surface area contributed by atoms with Gasteiger partial charge in [0.2, 0.25) is 0 Å². The van der Waals surface area contributed by atoms with Gasteiger partial charge < -0.3 is 19.9 Å². The molecule has 6 rings (SSSR count). The normalized spacial score (nSPS) is 16.6. The van der Waals surface area contributed by atoms with E-state index in [2.05, 4.69) is 4.57 Å². The van der Waals surface area contributed by atoms with Crippen LogP contribution in [0.1, 0.15) is 19.3 Å². The lowest BCUT2D eigenvalue weighted by molar-refractivity contribution is -0.163. The van der Waals surface area contributed by atoms with Crippen LogP contribution in [0.3, 0.4) is 0 Å². The number of para-hydroxylation sites is 2. The van der Waals surface area contributed by atoms with E-state index in [4.69, 9.17) is 15.3 Å². The monoisotopic (exact) mass is 455 g/mol. The largest absolute Gasteiger partial charge is 0.353 e. The fraction of sp³-hybridized carbons (Fsp3) is 0.259. The van der Waals surface area contributed by atoms with Crippen molar-refractivity contribution in [1.29, 1.82) is 0 Å². The number of pyridine rings is 2. The lowest BCUT2D eigenvalue weighted by Crippen LogP contribution is -2.24. The Morgan fingerprint density at radius 2 is 1.47 bits per heavy atom. The highest BCUT2D eigenvalue weighted by Crippen LogP contribution is 2.25. The van der Waals surface area contributed by atoms with E-state index >= 15 is 0 Å². The van der Waals surface area contributed by atoms with Gasteiger partial charge in [-0.05, 0) is 55.7 Å². The van der Waals surface area contributed by atoms with Gasteiger partial charge in [-0.25, -0.2) is 0 Å². The predicted octanol–water partition coefficient (Wildman–Crippen LogP) is 3.88. The lowest BCUT2D eigenvalue weighted by Gasteiger charge is -2.23. The Bertz CT molecular complexity index is 1680. The Morgan fingerprint density at radius 1 is 0.824 bits per heavy atom. The van der Waals surface area contributed by atoms with Crippen molar-refractivity contribution in [2.45, 2.75) is 32.1 Å². The second-order valence-corrected chi connectivity index (χ2v) is 8.77. The Kier molecular flexibility index (Phi) is 5.08. The molecule has 1 fully saturated rings. The quantitative estimate of drug-likeness (QED) is 0.328. The number of ether oxygens (including phenoxy) is 2. The van der Waals surface area contributed by atoms with Gasteiger partial charge >= 0.3 is 0 Å². The Hall–Kier alpha value is -3.68. The van der Waals surface area contributed by atoms with Gasteiger partial charge in [-0.15, -0.1) is 0 Å². The third-order valence-electron chi connectivity index (χ3n) is 6.76. The maximum atomic E-state index is 13.5. The fourth-order valence-electron chi connectivity index (χ4n) is 5.05. The van der Waals surface area contributed by atoms with Crippen LogP contribution in [0, 0.1) is 0 Å². The van der Waals surface area contributed by atoms with Gasteiger partial charge in [0.25, 0.3) is 0 Å². The van der Waals surface area contributed by atoms with Crippen LogP contribution >= 0.6 is 0 Å². The van der Waals surface area contributed by atoms with E-state index in [0.29, 0.717) is 51.2 Å². The van der Waals surface area contributed by atoms with Crippen molar-refractivity contribution in [2.24, 2.45) is 0 Å². The first-order chi connectivity index (χ1) is 16.6. The molecule has 5 aromatic rings. The Labute approximate surface area is 194 Å². The molecule has 1 aliphatic heterocycles. The van der Waals surface area contributed by atoms with Crippen LogP contribution in [0.15, 0.2) is 70.3 Å². The molecule has 2 aromatic heterocycles. The molecule has 0 aliphatic carbocycles. The minimum Gasteiger partial charge on any atom is -0.353 e. The predicted molar refractivity (Wildman–Crippen MR) is 135 cm³/mol. The van der Waals surface area contributed by atoms with Crippen LogP contribution in [0.5, 0.6) is 0 Å². The van der Waals surface area contributed by atoms with Gasteiger partial charge in [-0.1, -0.05) is 24.3 Å². The summed E-state index contributed by atoms with van der Waals surface area (Å²) in [5.74, 6) is 6.41. The number of nitrogens with zero attached hydrogens (tertiary/aromatic N) is 2. The molecule has 0 radical (unpaired) electrons. The maximum absolute atomic E-state index is 13.5. The van der Waals surface area contributed by atoms with Gasteiger partial charge in [-0.3, -0.25) is 14.3 Å². The summed E-state index contributed by atoms with van der Waals surface area (Å²) in [5.41, 5.74) is 2.47. The van der Waals surface area contributed by atoms with Crippen molar-refractivity contribution in [2.75, 3.05) is 19.1 Å². The van der Waals surface area contributed by atoms with Crippen molar-refractivity contribution >= 4 is 43.6 Å². The van der Waals surface area contributed by atoms with E-state index in [0.717, 1.165) is 31.4 Å². The zero-order valence-corrected chi connectivity index (χ0v) is 18.7. The van der Waals surface area contributed by atoms with Crippen LogP contribution in [0.2, 0.25) is 0 Å². The number of rotatable bonds is 4. The number of nitrogen functional groups attached to an aromatic ring is 1. The molecule has 1 atom stereocenters. The molecule has 3 heterocycles. The van der Waals surface area contributed by atoms with Crippen molar-refractivity contribution < 1.29 is 9.47 Å². The number of benzene rings is 3. The smallest absolute Gasteiger partial charge is 0.197 e. The summed E-state index contributed by atoms with van der Waals surface area (Å²) in [6, 6.07) is 18.3. The molecule has 7 nitrogen and oxygen atoms in total. The van der Waals surface area contributed by atoms with E-state index in [9.17, 15) is 9.59 Å². The average molecular weight is 456 g/mol. The topological polar surface area (TPSA) is 88.5 Å². The van der Waals surface area contributed by atoms with Crippen LogP contribution in [0.25, 0.3) is 43.6 Å². The van der Waals surface area contributed by atoms with Crippen molar-refractivity contribution in [3.8, 4) is 0 Å². The van der Waals surface area contributed by atoms with Crippen molar-refractivity contribution in [1.82, 2.24) is 9.24 Å². The minimum atomic E-state index is -0.192. The van der Waals surface area contributed by atoms with E-state index in [1.807, 2.05) is 42.5 Å². The zero-order chi connectivity index (χ0) is 23.2. The first-order valence-electron chi connectivity index (χ1n) is 11.6. The molecule has 1 saturated heterocycles. The van der Waals surface area contributed by atoms with E-state index in [1.54, 1.807) is 18.2 Å². The number of aromatic nitrogens is 2. The second-order valence-electron chi connectivity index (χ2n) is 8.77. The molecule has 0 saturated carbocycles. The minimum absolute atomic E-state index is 0.0825. The number of hydrogen-bond acceptors (Lipinski definition) is 5. The molecule has 0 spiro atoms. The van der Waals surface area contributed by atoms with Gasteiger partial charge in [0.1, 0.15) is 0 Å². The maximum Gasteiger partial charge on any atom is 0.197 e. The van der Waals surface area contributed by atoms with Crippen LogP contribution in [0.4, 0.5) is 0 Å². The molecule has 1 aliphatic rings. The third-order valence-corrected chi connectivity index (χ3v) is 6.76. The summed E-state index contributed by atoms with van der Waals surface area (Å²) in [5, 5.41) is 2.17. The molecule has 1 unspecified atom stereocenters. The molecule has 2 N–H and O–H groups in total. The fourth-order valence-corrected chi connectivity index (χ4v) is 5.05. The molecule has 0 amide bonds. The highest BCUT2D eigenvalue weighted by Gasteiger charge is 2.17. The molecule has 3 aromatic carbocycles. The molecule has 0 bridgehead atoms. The summed E-state index contributed by atoms with van der Waals surface area (Å²) < 4.78 is 15.2. The highest BCUT2D eigenvalue weighted by atomic mass is 16.7. The highest BCUT2D eigenvalue weighted by molar-refractivity contribution is 6.03. The first kappa shape index (κ1) is 20.9. The number of nitrogens with two attached hydrogens (primary N) is 1. The van der Waals surface area contributed by atoms with Gasteiger partial charge in [-0.2, -0.15) is 0 Å². The van der Waals surface area contributed by atoms with Gasteiger partial charge in [0.05, 0.1) is 34.1 Å². The molecule has 7 heteroatoms. The van der Waals surface area contributed by atoms with E-state index in [1.165, 1.54) is 4.68 Å². The van der Waals surface area contributed by atoms with E-state index < -0.39 is 0 Å². The molecular weight excluding hydrogens is 430 g/mol. The standard InChI is InChI=1S/C27H25N3O4/c28-30-22-10-4-2-8-18(22)27(32)20-15-23-19(16-24(20)30)26(31)17-7-1-3-9-21(17)29(23)12-14-34-25-11-5-6-13-33-25/h1-4,7-10,15-16,25H,5-6,11-14,28H2. The summed E-state index contributed by atoms with van der Waals surface area (Å²) in [6.07, 6.45) is 2.86. The summed E-state index contributed by atoms with van der Waals surface area (Å²) in [6.45, 7) is 1.68. The Balaban J connectivity index is 1.59. The average Bonchev–Trinajstić information content (AvgIpc) is 2.89. The second kappa shape index (κ2) is 8.27.